The maximum Gasteiger partial charge on any atom is 0.282 e. The van der Waals surface area contributed by atoms with Gasteiger partial charge in [-0.15, -0.1) is 0 Å². The molecule has 2 aromatic rings. The highest BCUT2D eigenvalue weighted by Gasteiger charge is 2.33. The molecule has 160 valence electrons. The summed E-state index contributed by atoms with van der Waals surface area (Å²) in [5.74, 6) is 1.80. The SMILES string of the molecule is COc1ccc(C[NH+]2CC[NH+](CC(=O)N3c4ccccc4C[C@H]3C)CC2)cc1OC. The molecule has 30 heavy (non-hydrogen) atoms. The van der Waals surface area contributed by atoms with Gasteiger partial charge in [-0.05, 0) is 43.2 Å². The van der Waals surface area contributed by atoms with E-state index in [0.29, 0.717) is 6.54 Å². The van der Waals surface area contributed by atoms with Crippen LogP contribution in [0, 0.1) is 0 Å². The fourth-order valence-corrected chi connectivity index (χ4v) is 4.83. The molecule has 6 nitrogen and oxygen atoms in total. The number of methoxy groups -OCH3 is 2. The van der Waals surface area contributed by atoms with E-state index in [4.69, 9.17) is 9.47 Å². The summed E-state index contributed by atoms with van der Waals surface area (Å²) in [6.07, 6.45) is 0.959. The number of carbonyl (C=O) groups is 1. The summed E-state index contributed by atoms with van der Waals surface area (Å²) in [6, 6.07) is 14.7. The van der Waals surface area contributed by atoms with Crippen LogP contribution in [0.2, 0.25) is 0 Å². The number of amides is 1. The predicted molar refractivity (Wildman–Crippen MR) is 117 cm³/mol. The summed E-state index contributed by atoms with van der Waals surface area (Å²) in [7, 11) is 3.33. The molecule has 6 heteroatoms. The van der Waals surface area contributed by atoms with Crippen LogP contribution in [0.4, 0.5) is 5.69 Å². The number of benzene rings is 2. The van der Waals surface area contributed by atoms with E-state index in [9.17, 15) is 4.79 Å². The average molecular weight is 412 g/mol. The topological polar surface area (TPSA) is 47.7 Å². The van der Waals surface area contributed by atoms with Crippen molar-refractivity contribution in [2.75, 3.05) is 51.8 Å². The summed E-state index contributed by atoms with van der Waals surface area (Å²) in [4.78, 5) is 18.0. The number of hydrogen-bond acceptors (Lipinski definition) is 3. The molecule has 0 saturated carbocycles. The zero-order valence-corrected chi connectivity index (χ0v) is 18.2. The molecule has 0 unspecified atom stereocenters. The first-order chi connectivity index (χ1) is 14.6. The van der Waals surface area contributed by atoms with E-state index in [1.807, 2.05) is 17.0 Å². The van der Waals surface area contributed by atoms with Gasteiger partial charge in [0.05, 0.1) is 14.2 Å². The van der Waals surface area contributed by atoms with Gasteiger partial charge in [0, 0.05) is 17.3 Å². The highest BCUT2D eigenvalue weighted by Crippen LogP contribution is 2.31. The van der Waals surface area contributed by atoms with E-state index < -0.39 is 0 Å². The molecule has 4 rings (SSSR count). The highest BCUT2D eigenvalue weighted by molar-refractivity contribution is 5.96. The van der Waals surface area contributed by atoms with Crippen molar-refractivity contribution >= 4 is 11.6 Å². The number of piperazine rings is 1. The van der Waals surface area contributed by atoms with E-state index in [1.54, 1.807) is 19.1 Å². The molecule has 0 aromatic heterocycles. The van der Waals surface area contributed by atoms with Gasteiger partial charge in [0.15, 0.2) is 18.0 Å². The van der Waals surface area contributed by atoms with Gasteiger partial charge in [-0.3, -0.25) is 4.79 Å². The van der Waals surface area contributed by atoms with Crippen molar-refractivity contribution in [1.29, 1.82) is 0 Å². The zero-order valence-electron chi connectivity index (χ0n) is 18.2. The Bertz CT molecular complexity index is 893. The number of para-hydroxylation sites is 1. The lowest BCUT2D eigenvalue weighted by molar-refractivity contribution is -1.02. The number of nitrogens with zero attached hydrogens (tertiary/aromatic N) is 1. The predicted octanol–water partition coefficient (Wildman–Crippen LogP) is -0.0350. The van der Waals surface area contributed by atoms with Crippen LogP contribution in [0.25, 0.3) is 0 Å². The second-order valence-corrected chi connectivity index (χ2v) is 8.49. The minimum absolute atomic E-state index is 0.255. The van der Waals surface area contributed by atoms with Crippen LogP contribution < -0.4 is 24.2 Å². The molecule has 0 aliphatic carbocycles. The molecule has 1 fully saturated rings. The molecular formula is C24H33N3O3+2. The maximum absolute atomic E-state index is 13.1. The molecule has 1 atom stereocenters. The normalized spacial score (nSPS) is 23.2. The molecule has 0 bridgehead atoms. The largest absolute Gasteiger partial charge is 0.493 e. The Morgan fingerprint density at radius 1 is 1.00 bits per heavy atom. The number of carbonyl (C=O) groups excluding carboxylic acids is 1. The third-order valence-electron chi connectivity index (χ3n) is 6.44. The summed E-state index contributed by atoms with van der Waals surface area (Å²) in [5, 5.41) is 0. The van der Waals surface area contributed by atoms with Crippen molar-refractivity contribution in [2.45, 2.75) is 25.9 Å². The minimum atomic E-state index is 0.255. The number of fused-ring (bicyclic) bond motifs is 1. The van der Waals surface area contributed by atoms with Gasteiger partial charge in [0.25, 0.3) is 5.91 Å². The van der Waals surface area contributed by atoms with E-state index in [2.05, 4.69) is 37.3 Å². The first kappa shape index (κ1) is 20.7. The quantitative estimate of drug-likeness (QED) is 0.702. The third kappa shape index (κ3) is 4.30. The minimum Gasteiger partial charge on any atom is -0.493 e. The Morgan fingerprint density at radius 2 is 1.70 bits per heavy atom. The summed E-state index contributed by atoms with van der Waals surface area (Å²) < 4.78 is 10.8. The average Bonchev–Trinajstić information content (AvgIpc) is 3.10. The number of ether oxygens (including phenoxy) is 2. The van der Waals surface area contributed by atoms with Crippen LogP contribution in [-0.4, -0.2) is 58.9 Å². The Hall–Kier alpha value is -2.57. The third-order valence-corrected chi connectivity index (χ3v) is 6.44. The fraction of sp³-hybridized carbons (Fsp3) is 0.458. The van der Waals surface area contributed by atoms with Crippen molar-refractivity contribution in [3.8, 4) is 11.5 Å². The second-order valence-electron chi connectivity index (χ2n) is 8.49. The molecule has 1 saturated heterocycles. The van der Waals surface area contributed by atoms with Gasteiger partial charge in [-0.25, -0.2) is 0 Å². The van der Waals surface area contributed by atoms with Gasteiger partial charge in [-0.2, -0.15) is 0 Å². The molecule has 2 heterocycles. The maximum atomic E-state index is 13.1. The van der Waals surface area contributed by atoms with Crippen molar-refractivity contribution in [2.24, 2.45) is 0 Å². The van der Waals surface area contributed by atoms with E-state index in [0.717, 1.165) is 56.3 Å². The van der Waals surface area contributed by atoms with Gasteiger partial charge in [0.1, 0.15) is 32.7 Å². The molecule has 0 radical (unpaired) electrons. The summed E-state index contributed by atoms with van der Waals surface area (Å²) in [6.45, 7) is 7.90. The van der Waals surface area contributed by atoms with E-state index in [1.165, 1.54) is 16.0 Å². The Balaban J connectivity index is 1.30. The van der Waals surface area contributed by atoms with Gasteiger partial charge in [0.2, 0.25) is 0 Å². The lowest BCUT2D eigenvalue weighted by atomic mass is 10.1. The molecule has 2 aromatic carbocycles. The molecule has 1 amide bonds. The number of hydrogen-bond donors (Lipinski definition) is 2. The van der Waals surface area contributed by atoms with Crippen molar-refractivity contribution in [3.05, 3.63) is 53.6 Å². The van der Waals surface area contributed by atoms with Crippen molar-refractivity contribution < 1.29 is 24.1 Å². The monoisotopic (exact) mass is 411 g/mol. The van der Waals surface area contributed by atoms with Crippen molar-refractivity contribution in [3.63, 3.8) is 0 Å². The highest BCUT2D eigenvalue weighted by atomic mass is 16.5. The molecule has 2 aliphatic rings. The van der Waals surface area contributed by atoms with Crippen LogP contribution in [0.3, 0.4) is 0 Å². The van der Waals surface area contributed by atoms with Crippen LogP contribution >= 0.6 is 0 Å². The molecule has 0 spiro atoms. The van der Waals surface area contributed by atoms with Crippen molar-refractivity contribution in [1.82, 2.24) is 0 Å². The van der Waals surface area contributed by atoms with Gasteiger partial charge < -0.3 is 24.2 Å². The Kier molecular flexibility index (Phi) is 6.25. The van der Waals surface area contributed by atoms with Crippen LogP contribution in [0.15, 0.2) is 42.5 Å². The summed E-state index contributed by atoms with van der Waals surface area (Å²) in [5.41, 5.74) is 3.65. The van der Waals surface area contributed by atoms with Gasteiger partial charge >= 0.3 is 0 Å². The Labute approximate surface area is 179 Å². The number of nitrogens with one attached hydrogen (secondary N) is 2. The lowest BCUT2D eigenvalue weighted by Crippen LogP contribution is -3.28. The van der Waals surface area contributed by atoms with E-state index >= 15 is 0 Å². The standard InChI is InChI=1S/C24H31N3O3/c1-18-14-20-6-4-5-7-21(20)27(18)24(28)17-26-12-10-25(11-13-26)16-19-8-9-22(29-2)23(15-19)30-3/h4-9,15,18H,10-14,16-17H2,1-3H3/p+2/t18-/m1/s1. The lowest BCUT2D eigenvalue weighted by Gasteiger charge is -2.31. The summed E-state index contributed by atoms with van der Waals surface area (Å²) >= 11 is 0. The fourth-order valence-electron chi connectivity index (χ4n) is 4.83. The molecule has 2 N–H and O–H groups in total. The van der Waals surface area contributed by atoms with E-state index in [-0.39, 0.29) is 11.9 Å². The zero-order chi connectivity index (χ0) is 21.1. The molecule has 2 aliphatic heterocycles. The van der Waals surface area contributed by atoms with Crippen LogP contribution in [0.1, 0.15) is 18.1 Å². The van der Waals surface area contributed by atoms with Crippen LogP contribution in [-0.2, 0) is 17.8 Å². The first-order valence-corrected chi connectivity index (χ1v) is 10.9. The Morgan fingerprint density at radius 3 is 2.43 bits per heavy atom. The number of quaternary nitrogens is 2. The van der Waals surface area contributed by atoms with Gasteiger partial charge in [-0.1, -0.05) is 18.2 Å². The molecular weight excluding hydrogens is 378 g/mol. The number of rotatable bonds is 6. The second kappa shape index (κ2) is 9.06. The number of anilines is 1. The first-order valence-electron chi connectivity index (χ1n) is 10.9. The van der Waals surface area contributed by atoms with Crippen LogP contribution in [0.5, 0.6) is 11.5 Å². The smallest absolute Gasteiger partial charge is 0.282 e.